The highest BCUT2D eigenvalue weighted by atomic mass is 16.5. The van der Waals surface area contributed by atoms with Gasteiger partial charge in [-0.1, -0.05) is 18.2 Å². The van der Waals surface area contributed by atoms with Gasteiger partial charge in [0.15, 0.2) is 0 Å². The summed E-state index contributed by atoms with van der Waals surface area (Å²) in [5, 5.41) is 3.00. The minimum absolute atomic E-state index is 0.0268. The lowest BCUT2D eigenvalue weighted by Crippen LogP contribution is -2.40. The van der Waals surface area contributed by atoms with Gasteiger partial charge >= 0.3 is 6.03 Å². The molecule has 2 aromatic carbocycles. The predicted molar refractivity (Wildman–Crippen MR) is 106 cm³/mol. The highest BCUT2D eigenvalue weighted by Gasteiger charge is 2.25. The predicted octanol–water partition coefficient (Wildman–Crippen LogP) is 4.17. The fourth-order valence-electron chi connectivity index (χ4n) is 3.44. The van der Waals surface area contributed by atoms with Crippen molar-refractivity contribution in [1.82, 2.24) is 4.90 Å². The van der Waals surface area contributed by atoms with Crippen LogP contribution in [-0.4, -0.2) is 45.2 Å². The van der Waals surface area contributed by atoms with Gasteiger partial charge in [-0.15, -0.1) is 0 Å². The number of carbonyl (C=O) groups excluding carboxylic acids is 1. The molecule has 0 saturated carbocycles. The van der Waals surface area contributed by atoms with Gasteiger partial charge in [-0.2, -0.15) is 0 Å². The second-order valence-electron chi connectivity index (χ2n) is 6.87. The van der Waals surface area contributed by atoms with E-state index >= 15 is 0 Å². The van der Waals surface area contributed by atoms with Crippen molar-refractivity contribution in [2.45, 2.75) is 18.8 Å². The molecule has 2 aromatic rings. The number of nitrogens with zero attached hydrogens (tertiary/aromatic N) is 2. The Kier molecular flexibility index (Phi) is 5.66. The molecule has 1 saturated heterocycles. The lowest BCUT2D eigenvalue weighted by molar-refractivity contribution is 0.194. The summed E-state index contributed by atoms with van der Waals surface area (Å²) >= 11 is 0. The van der Waals surface area contributed by atoms with Crippen molar-refractivity contribution in [3.05, 3.63) is 54.1 Å². The van der Waals surface area contributed by atoms with Gasteiger partial charge in [0.2, 0.25) is 0 Å². The summed E-state index contributed by atoms with van der Waals surface area (Å²) in [4.78, 5) is 16.5. The molecule has 1 heterocycles. The number of piperidine rings is 1. The number of anilines is 2. The van der Waals surface area contributed by atoms with Crippen LogP contribution in [0.15, 0.2) is 48.5 Å². The van der Waals surface area contributed by atoms with Gasteiger partial charge in [0.1, 0.15) is 5.75 Å². The van der Waals surface area contributed by atoms with Crippen LogP contribution in [-0.2, 0) is 0 Å². The number of para-hydroxylation sites is 1. The van der Waals surface area contributed by atoms with Crippen LogP contribution in [0.3, 0.4) is 0 Å². The Morgan fingerprint density at radius 3 is 2.35 bits per heavy atom. The Morgan fingerprint density at radius 2 is 1.73 bits per heavy atom. The average molecular weight is 353 g/mol. The number of nitrogens with one attached hydrogen (secondary N) is 1. The highest BCUT2D eigenvalue weighted by Crippen LogP contribution is 2.34. The van der Waals surface area contributed by atoms with Crippen LogP contribution in [0.5, 0.6) is 5.75 Å². The summed E-state index contributed by atoms with van der Waals surface area (Å²) in [5.74, 6) is 1.38. The Morgan fingerprint density at radius 1 is 1.08 bits per heavy atom. The van der Waals surface area contributed by atoms with E-state index in [-0.39, 0.29) is 6.03 Å². The fraction of sp³-hybridized carbons (Fsp3) is 0.381. The van der Waals surface area contributed by atoms with E-state index in [4.69, 9.17) is 4.74 Å². The van der Waals surface area contributed by atoms with Crippen LogP contribution >= 0.6 is 0 Å². The molecule has 0 radical (unpaired) electrons. The molecule has 5 heteroatoms. The van der Waals surface area contributed by atoms with E-state index in [9.17, 15) is 4.79 Å². The number of carbonyl (C=O) groups is 1. The number of hydrogen-bond acceptors (Lipinski definition) is 3. The first-order valence-electron chi connectivity index (χ1n) is 9.04. The van der Waals surface area contributed by atoms with Crippen molar-refractivity contribution < 1.29 is 9.53 Å². The molecule has 0 aromatic heterocycles. The number of likely N-dealkylation sites (tertiary alicyclic amines) is 1. The number of rotatable bonds is 4. The molecule has 1 N–H and O–H groups in total. The van der Waals surface area contributed by atoms with Crippen LogP contribution in [0.2, 0.25) is 0 Å². The highest BCUT2D eigenvalue weighted by molar-refractivity contribution is 5.89. The standard InChI is InChI=1S/C21H27N3O2/c1-23(2)18-10-8-17(9-11-18)22-21(25)24-14-12-16(13-15-24)19-6-4-5-7-20(19)26-3/h4-11,16H,12-15H2,1-3H3,(H,22,25). The molecular weight excluding hydrogens is 326 g/mol. The molecule has 0 aliphatic carbocycles. The minimum Gasteiger partial charge on any atom is -0.496 e. The van der Waals surface area contributed by atoms with Crippen LogP contribution in [0, 0.1) is 0 Å². The third kappa shape index (κ3) is 4.10. The number of ether oxygens (including phenoxy) is 1. The van der Waals surface area contributed by atoms with Crippen LogP contribution < -0.4 is 15.0 Å². The molecule has 1 aliphatic rings. The van der Waals surface area contributed by atoms with E-state index in [0.29, 0.717) is 5.92 Å². The molecule has 1 aliphatic heterocycles. The second kappa shape index (κ2) is 8.13. The SMILES string of the molecule is COc1ccccc1C1CCN(C(=O)Nc2ccc(N(C)C)cc2)CC1. The maximum absolute atomic E-state index is 12.5. The van der Waals surface area contributed by atoms with Crippen molar-refractivity contribution in [2.75, 3.05) is 44.5 Å². The van der Waals surface area contributed by atoms with E-state index in [1.807, 2.05) is 66.4 Å². The molecule has 138 valence electrons. The fourth-order valence-corrected chi connectivity index (χ4v) is 3.44. The number of urea groups is 1. The molecule has 2 amide bonds. The van der Waals surface area contributed by atoms with Crippen molar-refractivity contribution >= 4 is 17.4 Å². The van der Waals surface area contributed by atoms with Crippen LogP contribution in [0.25, 0.3) is 0 Å². The molecule has 26 heavy (non-hydrogen) atoms. The van der Waals surface area contributed by atoms with Crippen molar-refractivity contribution in [2.24, 2.45) is 0 Å². The minimum atomic E-state index is -0.0268. The quantitative estimate of drug-likeness (QED) is 0.897. The normalized spacial score (nSPS) is 14.8. The summed E-state index contributed by atoms with van der Waals surface area (Å²) in [6, 6.07) is 16.0. The zero-order chi connectivity index (χ0) is 18.5. The Bertz CT molecular complexity index is 735. The third-order valence-electron chi connectivity index (χ3n) is 5.00. The molecule has 1 fully saturated rings. The Hall–Kier alpha value is -2.69. The number of hydrogen-bond donors (Lipinski definition) is 1. The molecule has 0 unspecified atom stereocenters. The van der Waals surface area contributed by atoms with E-state index in [2.05, 4.69) is 11.4 Å². The van der Waals surface area contributed by atoms with Crippen LogP contribution in [0.4, 0.5) is 16.2 Å². The first-order valence-corrected chi connectivity index (χ1v) is 9.04. The Balaban J connectivity index is 1.56. The van der Waals surface area contributed by atoms with E-state index in [0.717, 1.165) is 43.1 Å². The molecule has 0 spiro atoms. The van der Waals surface area contributed by atoms with E-state index < -0.39 is 0 Å². The zero-order valence-corrected chi connectivity index (χ0v) is 15.7. The molecule has 0 atom stereocenters. The molecule has 5 nitrogen and oxygen atoms in total. The maximum atomic E-state index is 12.5. The van der Waals surface area contributed by atoms with Gasteiger partial charge in [-0.3, -0.25) is 0 Å². The van der Waals surface area contributed by atoms with Crippen molar-refractivity contribution in [3.8, 4) is 5.75 Å². The number of amides is 2. The van der Waals surface area contributed by atoms with Gasteiger partial charge in [-0.05, 0) is 54.7 Å². The largest absolute Gasteiger partial charge is 0.496 e. The van der Waals surface area contributed by atoms with Gasteiger partial charge in [0.25, 0.3) is 0 Å². The second-order valence-corrected chi connectivity index (χ2v) is 6.87. The van der Waals surface area contributed by atoms with Crippen molar-refractivity contribution in [3.63, 3.8) is 0 Å². The Labute approximate surface area is 155 Å². The molecule has 0 bridgehead atoms. The first-order chi connectivity index (χ1) is 12.6. The van der Waals surface area contributed by atoms with Gasteiger partial charge < -0.3 is 19.9 Å². The summed E-state index contributed by atoms with van der Waals surface area (Å²) in [7, 11) is 5.71. The lowest BCUT2D eigenvalue weighted by atomic mass is 9.89. The smallest absolute Gasteiger partial charge is 0.321 e. The monoisotopic (exact) mass is 353 g/mol. The maximum Gasteiger partial charge on any atom is 0.321 e. The topological polar surface area (TPSA) is 44.8 Å². The first kappa shape index (κ1) is 18.1. The number of methoxy groups -OCH3 is 1. The number of benzene rings is 2. The van der Waals surface area contributed by atoms with Crippen LogP contribution in [0.1, 0.15) is 24.3 Å². The van der Waals surface area contributed by atoms with Crippen molar-refractivity contribution in [1.29, 1.82) is 0 Å². The van der Waals surface area contributed by atoms with E-state index in [1.54, 1.807) is 7.11 Å². The van der Waals surface area contributed by atoms with Gasteiger partial charge in [0, 0.05) is 38.6 Å². The zero-order valence-electron chi connectivity index (χ0n) is 15.7. The average Bonchev–Trinajstić information content (AvgIpc) is 2.68. The van der Waals surface area contributed by atoms with Gasteiger partial charge in [0.05, 0.1) is 7.11 Å². The lowest BCUT2D eigenvalue weighted by Gasteiger charge is -2.32. The van der Waals surface area contributed by atoms with Gasteiger partial charge in [-0.25, -0.2) is 4.79 Å². The summed E-state index contributed by atoms with van der Waals surface area (Å²) < 4.78 is 5.48. The summed E-state index contributed by atoms with van der Waals surface area (Å²) in [6.45, 7) is 1.51. The third-order valence-corrected chi connectivity index (χ3v) is 5.00. The summed E-state index contributed by atoms with van der Waals surface area (Å²) in [5.41, 5.74) is 3.18. The van der Waals surface area contributed by atoms with E-state index in [1.165, 1.54) is 5.56 Å². The molecular formula is C21H27N3O2. The summed E-state index contributed by atoms with van der Waals surface area (Å²) in [6.07, 6.45) is 1.90. The molecule has 3 rings (SSSR count).